The van der Waals surface area contributed by atoms with Crippen LogP contribution in [-0.4, -0.2) is 19.2 Å². The molecule has 2 heteroatoms. The van der Waals surface area contributed by atoms with Gasteiger partial charge in [-0.25, -0.2) is 0 Å². The molecule has 1 aromatic carbocycles. The third-order valence-corrected chi connectivity index (χ3v) is 3.50. The molecule has 1 rings (SSSR count). The van der Waals surface area contributed by atoms with E-state index in [9.17, 15) is 0 Å². The normalized spacial score (nSPS) is 14.2. The zero-order valence-electron chi connectivity index (χ0n) is 12.2. The summed E-state index contributed by atoms with van der Waals surface area (Å²) in [7, 11) is 0. The van der Waals surface area contributed by atoms with E-state index in [0.717, 1.165) is 25.3 Å². The highest BCUT2D eigenvalue weighted by atomic mass is 16.5. The average Bonchev–Trinajstić information content (AvgIpc) is 2.40. The van der Waals surface area contributed by atoms with Crippen LogP contribution in [0.4, 0.5) is 0 Å². The molecule has 0 fully saturated rings. The van der Waals surface area contributed by atoms with Crippen molar-refractivity contribution >= 4 is 0 Å². The first-order valence-corrected chi connectivity index (χ1v) is 7.10. The van der Waals surface area contributed by atoms with Crippen LogP contribution in [0.3, 0.4) is 0 Å². The highest BCUT2D eigenvalue weighted by molar-refractivity contribution is 5.31. The van der Waals surface area contributed by atoms with Gasteiger partial charge < -0.3 is 10.1 Å². The SMILES string of the molecule is CCCNC(COc1ccccc1C)C(C)CC. The molecule has 0 saturated heterocycles. The van der Waals surface area contributed by atoms with Gasteiger partial charge in [0.2, 0.25) is 0 Å². The van der Waals surface area contributed by atoms with E-state index in [1.165, 1.54) is 12.0 Å². The number of hydrogen-bond acceptors (Lipinski definition) is 2. The van der Waals surface area contributed by atoms with Gasteiger partial charge in [-0.3, -0.25) is 0 Å². The smallest absolute Gasteiger partial charge is 0.122 e. The molecule has 0 spiro atoms. The highest BCUT2D eigenvalue weighted by Gasteiger charge is 2.15. The van der Waals surface area contributed by atoms with E-state index in [2.05, 4.69) is 39.1 Å². The molecule has 0 aromatic heterocycles. The van der Waals surface area contributed by atoms with Crippen LogP contribution in [0.1, 0.15) is 39.2 Å². The Balaban J connectivity index is 2.53. The van der Waals surface area contributed by atoms with Crippen LogP contribution in [0.25, 0.3) is 0 Å². The highest BCUT2D eigenvalue weighted by Crippen LogP contribution is 2.17. The van der Waals surface area contributed by atoms with Gasteiger partial charge in [0.15, 0.2) is 0 Å². The molecular weight excluding hydrogens is 222 g/mol. The Bertz CT molecular complexity index is 338. The monoisotopic (exact) mass is 249 g/mol. The molecule has 0 aliphatic heterocycles. The lowest BCUT2D eigenvalue weighted by atomic mass is 10.00. The van der Waals surface area contributed by atoms with Crippen LogP contribution < -0.4 is 10.1 Å². The van der Waals surface area contributed by atoms with Gasteiger partial charge in [-0.05, 0) is 37.4 Å². The van der Waals surface area contributed by atoms with E-state index >= 15 is 0 Å². The average molecular weight is 249 g/mol. The van der Waals surface area contributed by atoms with Gasteiger partial charge in [-0.1, -0.05) is 45.4 Å². The Morgan fingerprint density at radius 1 is 1.22 bits per heavy atom. The van der Waals surface area contributed by atoms with E-state index in [1.54, 1.807) is 0 Å². The molecule has 2 atom stereocenters. The number of rotatable bonds is 8. The predicted molar refractivity (Wildman–Crippen MR) is 78.2 cm³/mol. The molecule has 1 aromatic rings. The maximum Gasteiger partial charge on any atom is 0.122 e. The summed E-state index contributed by atoms with van der Waals surface area (Å²) in [4.78, 5) is 0. The minimum Gasteiger partial charge on any atom is -0.492 e. The maximum atomic E-state index is 5.96. The molecule has 0 radical (unpaired) electrons. The lowest BCUT2D eigenvalue weighted by molar-refractivity contribution is 0.219. The molecule has 18 heavy (non-hydrogen) atoms. The summed E-state index contributed by atoms with van der Waals surface area (Å²) in [5.74, 6) is 1.64. The standard InChI is InChI=1S/C16H27NO/c1-5-11-17-15(13(3)6-2)12-18-16-10-8-7-9-14(16)4/h7-10,13,15,17H,5-6,11-12H2,1-4H3. The van der Waals surface area contributed by atoms with Crippen molar-refractivity contribution in [3.8, 4) is 5.75 Å². The fourth-order valence-electron chi connectivity index (χ4n) is 1.94. The molecule has 0 aliphatic carbocycles. The van der Waals surface area contributed by atoms with Gasteiger partial charge in [0.25, 0.3) is 0 Å². The van der Waals surface area contributed by atoms with Gasteiger partial charge in [-0.2, -0.15) is 0 Å². The van der Waals surface area contributed by atoms with E-state index in [4.69, 9.17) is 4.74 Å². The first-order valence-electron chi connectivity index (χ1n) is 7.10. The van der Waals surface area contributed by atoms with Crippen molar-refractivity contribution in [1.82, 2.24) is 5.32 Å². The summed E-state index contributed by atoms with van der Waals surface area (Å²) < 4.78 is 5.96. The minimum absolute atomic E-state index is 0.439. The molecule has 0 bridgehead atoms. The van der Waals surface area contributed by atoms with Crippen molar-refractivity contribution in [2.45, 2.75) is 46.6 Å². The number of ether oxygens (including phenoxy) is 1. The summed E-state index contributed by atoms with van der Waals surface area (Å²) in [6.07, 6.45) is 2.34. The number of aryl methyl sites for hydroxylation is 1. The summed E-state index contributed by atoms with van der Waals surface area (Å²) in [6.45, 7) is 10.6. The van der Waals surface area contributed by atoms with E-state index < -0.39 is 0 Å². The van der Waals surface area contributed by atoms with Crippen LogP contribution in [0.15, 0.2) is 24.3 Å². The Labute approximate surface area is 112 Å². The molecule has 0 amide bonds. The Kier molecular flexibility index (Phi) is 6.81. The van der Waals surface area contributed by atoms with Gasteiger partial charge in [0, 0.05) is 6.04 Å². The molecule has 0 saturated carbocycles. The summed E-state index contributed by atoms with van der Waals surface area (Å²) in [5, 5.41) is 3.58. The third kappa shape index (κ3) is 4.69. The fourth-order valence-corrected chi connectivity index (χ4v) is 1.94. The van der Waals surface area contributed by atoms with E-state index in [1.807, 2.05) is 18.2 Å². The topological polar surface area (TPSA) is 21.3 Å². The number of para-hydroxylation sites is 1. The molecular formula is C16H27NO. The van der Waals surface area contributed by atoms with Crippen molar-refractivity contribution in [3.05, 3.63) is 29.8 Å². The first-order chi connectivity index (χ1) is 8.69. The van der Waals surface area contributed by atoms with Crippen molar-refractivity contribution in [3.63, 3.8) is 0 Å². The molecule has 1 N–H and O–H groups in total. The third-order valence-electron chi connectivity index (χ3n) is 3.50. The largest absolute Gasteiger partial charge is 0.492 e. The lowest BCUT2D eigenvalue weighted by Gasteiger charge is -2.24. The van der Waals surface area contributed by atoms with Crippen LogP contribution in [0, 0.1) is 12.8 Å². The van der Waals surface area contributed by atoms with Crippen LogP contribution in [0.2, 0.25) is 0 Å². The van der Waals surface area contributed by atoms with Crippen molar-refractivity contribution < 1.29 is 4.74 Å². The quantitative estimate of drug-likeness (QED) is 0.757. The molecule has 2 nitrogen and oxygen atoms in total. The Morgan fingerprint density at radius 2 is 1.94 bits per heavy atom. The zero-order valence-corrected chi connectivity index (χ0v) is 12.2. The minimum atomic E-state index is 0.439. The van der Waals surface area contributed by atoms with Gasteiger partial charge in [-0.15, -0.1) is 0 Å². The van der Waals surface area contributed by atoms with E-state index in [-0.39, 0.29) is 0 Å². The molecule has 0 aliphatic rings. The number of nitrogens with one attached hydrogen (secondary N) is 1. The van der Waals surface area contributed by atoms with Crippen molar-refractivity contribution in [2.24, 2.45) is 5.92 Å². The van der Waals surface area contributed by atoms with Crippen LogP contribution in [-0.2, 0) is 0 Å². The Morgan fingerprint density at radius 3 is 2.56 bits per heavy atom. The second kappa shape index (κ2) is 8.15. The van der Waals surface area contributed by atoms with Gasteiger partial charge in [0.05, 0.1) is 0 Å². The van der Waals surface area contributed by atoms with Crippen molar-refractivity contribution in [2.75, 3.05) is 13.2 Å². The predicted octanol–water partition coefficient (Wildman–Crippen LogP) is 3.79. The van der Waals surface area contributed by atoms with Gasteiger partial charge >= 0.3 is 0 Å². The summed E-state index contributed by atoms with van der Waals surface area (Å²) in [5.41, 5.74) is 1.20. The molecule has 102 valence electrons. The second-order valence-corrected chi connectivity index (χ2v) is 5.02. The second-order valence-electron chi connectivity index (χ2n) is 5.02. The fraction of sp³-hybridized carbons (Fsp3) is 0.625. The summed E-state index contributed by atoms with van der Waals surface area (Å²) >= 11 is 0. The molecule has 0 heterocycles. The summed E-state index contributed by atoms with van der Waals surface area (Å²) in [6, 6.07) is 8.65. The first kappa shape index (κ1) is 15.0. The Hall–Kier alpha value is -1.02. The zero-order chi connectivity index (χ0) is 13.4. The molecule has 2 unspecified atom stereocenters. The number of hydrogen-bond donors (Lipinski definition) is 1. The lowest BCUT2D eigenvalue weighted by Crippen LogP contribution is -2.40. The van der Waals surface area contributed by atoms with E-state index in [0.29, 0.717) is 12.0 Å². The van der Waals surface area contributed by atoms with Crippen LogP contribution >= 0.6 is 0 Å². The number of benzene rings is 1. The maximum absolute atomic E-state index is 5.96. The van der Waals surface area contributed by atoms with Crippen LogP contribution in [0.5, 0.6) is 5.75 Å². The van der Waals surface area contributed by atoms with Gasteiger partial charge in [0.1, 0.15) is 12.4 Å². The van der Waals surface area contributed by atoms with Crippen molar-refractivity contribution in [1.29, 1.82) is 0 Å².